The number of urea groups is 1. The van der Waals surface area contributed by atoms with Gasteiger partial charge in [-0.15, -0.1) is 0 Å². The molecule has 2 aromatic carbocycles. The van der Waals surface area contributed by atoms with Crippen molar-refractivity contribution in [3.8, 4) is 0 Å². The molecule has 0 heterocycles. The lowest BCUT2D eigenvalue weighted by atomic mass is 10.1. The third-order valence-electron chi connectivity index (χ3n) is 3.31. The lowest BCUT2D eigenvalue weighted by Gasteiger charge is -2.19. The van der Waals surface area contributed by atoms with Gasteiger partial charge in [0.1, 0.15) is 0 Å². The van der Waals surface area contributed by atoms with E-state index in [-0.39, 0.29) is 6.03 Å². The number of halogens is 1. The third-order valence-corrected chi connectivity index (χ3v) is 3.84. The molecule has 0 aromatic heterocycles. The summed E-state index contributed by atoms with van der Waals surface area (Å²) in [5, 5.41) is 2.96. The molecule has 110 valence electrons. The molecule has 0 aliphatic rings. The number of carbonyl (C=O) groups excluding carboxylic acids is 1. The van der Waals surface area contributed by atoms with Crippen LogP contribution in [0.15, 0.2) is 46.9 Å². The van der Waals surface area contributed by atoms with Crippen molar-refractivity contribution in [3.05, 3.63) is 63.6 Å². The van der Waals surface area contributed by atoms with E-state index < -0.39 is 0 Å². The number of carbonyl (C=O) groups is 1. The molecule has 0 radical (unpaired) electrons. The molecule has 0 saturated heterocycles. The number of rotatable bonds is 3. The summed E-state index contributed by atoms with van der Waals surface area (Å²) >= 11 is 3.41. The monoisotopic (exact) mass is 346 g/mol. The molecule has 2 rings (SSSR count). The van der Waals surface area contributed by atoms with E-state index in [1.54, 1.807) is 11.9 Å². The van der Waals surface area contributed by atoms with Crippen molar-refractivity contribution in [1.29, 1.82) is 0 Å². The number of anilines is 1. The van der Waals surface area contributed by atoms with E-state index >= 15 is 0 Å². The van der Waals surface area contributed by atoms with Gasteiger partial charge in [0, 0.05) is 23.8 Å². The fraction of sp³-hybridized carbons (Fsp3) is 0.235. The fourth-order valence-electron chi connectivity index (χ4n) is 2.02. The number of nitrogens with one attached hydrogen (secondary N) is 1. The zero-order valence-electron chi connectivity index (χ0n) is 12.5. The Morgan fingerprint density at radius 2 is 1.81 bits per heavy atom. The first-order chi connectivity index (χ1) is 9.95. The highest BCUT2D eigenvalue weighted by Crippen LogP contribution is 2.17. The molecule has 4 heteroatoms. The topological polar surface area (TPSA) is 32.3 Å². The van der Waals surface area contributed by atoms with Gasteiger partial charge in [-0.2, -0.15) is 0 Å². The van der Waals surface area contributed by atoms with Gasteiger partial charge in [0.25, 0.3) is 0 Å². The number of aryl methyl sites for hydroxylation is 2. The van der Waals surface area contributed by atoms with E-state index in [0.29, 0.717) is 6.54 Å². The minimum absolute atomic E-state index is 0.105. The van der Waals surface area contributed by atoms with Crippen molar-refractivity contribution in [3.63, 3.8) is 0 Å². The fourth-order valence-corrected chi connectivity index (χ4v) is 2.28. The summed E-state index contributed by atoms with van der Waals surface area (Å²) in [6.45, 7) is 4.58. The largest absolute Gasteiger partial charge is 0.323 e. The van der Waals surface area contributed by atoms with E-state index in [1.165, 1.54) is 0 Å². The highest BCUT2D eigenvalue weighted by atomic mass is 79.9. The van der Waals surface area contributed by atoms with Crippen LogP contribution in [0.25, 0.3) is 0 Å². The van der Waals surface area contributed by atoms with Crippen molar-refractivity contribution in [1.82, 2.24) is 4.90 Å². The normalized spacial score (nSPS) is 10.3. The van der Waals surface area contributed by atoms with E-state index in [0.717, 1.165) is 26.9 Å². The molecule has 1 N–H and O–H groups in total. The van der Waals surface area contributed by atoms with Crippen LogP contribution in [0.4, 0.5) is 10.5 Å². The maximum absolute atomic E-state index is 12.3. The SMILES string of the molecule is Cc1ccc(C)c(NC(=O)N(C)Cc2ccc(Br)cc2)c1. The minimum atomic E-state index is -0.105. The number of hydrogen-bond acceptors (Lipinski definition) is 1. The number of nitrogens with zero attached hydrogens (tertiary/aromatic N) is 1. The molecule has 0 fully saturated rings. The minimum Gasteiger partial charge on any atom is -0.323 e. The van der Waals surface area contributed by atoms with Crippen LogP contribution < -0.4 is 5.32 Å². The van der Waals surface area contributed by atoms with Crippen LogP contribution in [-0.4, -0.2) is 18.0 Å². The van der Waals surface area contributed by atoms with Gasteiger partial charge >= 0.3 is 6.03 Å². The van der Waals surface area contributed by atoms with E-state index in [4.69, 9.17) is 0 Å². The Morgan fingerprint density at radius 1 is 1.14 bits per heavy atom. The van der Waals surface area contributed by atoms with Crippen LogP contribution in [0.5, 0.6) is 0 Å². The predicted octanol–water partition coefficient (Wildman–Crippen LogP) is 4.73. The third kappa shape index (κ3) is 4.33. The molecule has 21 heavy (non-hydrogen) atoms. The van der Waals surface area contributed by atoms with Crippen LogP contribution in [-0.2, 0) is 6.54 Å². The maximum Gasteiger partial charge on any atom is 0.321 e. The Bertz CT molecular complexity index is 638. The first-order valence-corrected chi connectivity index (χ1v) is 7.59. The molecule has 0 unspecified atom stereocenters. The number of benzene rings is 2. The number of hydrogen-bond donors (Lipinski definition) is 1. The van der Waals surface area contributed by atoms with Gasteiger partial charge in [-0.05, 0) is 48.7 Å². The first-order valence-electron chi connectivity index (χ1n) is 6.79. The summed E-state index contributed by atoms with van der Waals surface area (Å²) in [6, 6.07) is 13.9. The number of amides is 2. The average molecular weight is 347 g/mol. The average Bonchev–Trinajstić information content (AvgIpc) is 2.45. The van der Waals surface area contributed by atoms with Gasteiger partial charge in [-0.3, -0.25) is 0 Å². The zero-order chi connectivity index (χ0) is 15.4. The first kappa shape index (κ1) is 15.6. The van der Waals surface area contributed by atoms with Crippen LogP contribution >= 0.6 is 15.9 Å². The van der Waals surface area contributed by atoms with Gasteiger partial charge in [0.05, 0.1) is 0 Å². The standard InChI is InChI=1S/C17H19BrN2O/c1-12-4-5-13(2)16(10-12)19-17(21)20(3)11-14-6-8-15(18)9-7-14/h4-10H,11H2,1-3H3,(H,19,21). The summed E-state index contributed by atoms with van der Waals surface area (Å²) < 4.78 is 1.04. The van der Waals surface area contributed by atoms with Gasteiger partial charge in [0.15, 0.2) is 0 Å². The molecule has 0 atom stereocenters. The molecular formula is C17H19BrN2O. The molecular weight excluding hydrogens is 328 g/mol. The molecule has 3 nitrogen and oxygen atoms in total. The predicted molar refractivity (Wildman–Crippen MR) is 90.5 cm³/mol. The van der Waals surface area contributed by atoms with Crippen LogP contribution in [0.2, 0.25) is 0 Å². The molecule has 2 aromatic rings. The molecule has 0 spiro atoms. The molecule has 0 aliphatic heterocycles. The Hall–Kier alpha value is -1.81. The molecule has 0 bridgehead atoms. The second-order valence-electron chi connectivity index (χ2n) is 5.23. The summed E-state index contributed by atoms with van der Waals surface area (Å²) in [4.78, 5) is 13.9. The highest BCUT2D eigenvalue weighted by Gasteiger charge is 2.10. The Labute approximate surface area is 134 Å². The Kier molecular flexibility index (Phi) is 5.02. The van der Waals surface area contributed by atoms with Crippen LogP contribution in [0.3, 0.4) is 0 Å². The summed E-state index contributed by atoms with van der Waals surface area (Å²) in [5.74, 6) is 0. The van der Waals surface area contributed by atoms with E-state index in [2.05, 4.69) is 21.2 Å². The van der Waals surface area contributed by atoms with E-state index in [1.807, 2.05) is 56.3 Å². The smallest absolute Gasteiger partial charge is 0.321 e. The van der Waals surface area contributed by atoms with Crippen molar-refractivity contribution >= 4 is 27.6 Å². The second kappa shape index (κ2) is 6.76. The molecule has 0 aliphatic carbocycles. The lowest BCUT2D eigenvalue weighted by Crippen LogP contribution is -2.31. The summed E-state index contributed by atoms with van der Waals surface area (Å²) in [5.41, 5.74) is 4.15. The van der Waals surface area contributed by atoms with Crippen molar-refractivity contribution in [2.24, 2.45) is 0 Å². The van der Waals surface area contributed by atoms with E-state index in [9.17, 15) is 4.79 Å². The summed E-state index contributed by atoms with van der Waals surface area (Å²) in [7, 11) is 1.79. The highest BCUT2D eigenvalue weighted by molar-refractivity contribution is 9.10. The van der Waals surface area contributed by atoms with Crippen LogP contribution in [0.1, 0.15) is 16.7 Å². The van der Waals surface area contributed by atoms with Crippen molar-refractivity contribution < 1.29 is 4.79 Å². The van der Waals surface area contributed by atoms with Gasteiger partial charge in [0.2, 0.25) is 0 Å². The van der Waals surface area contributed by atoms with Crippen molar-refractivity contribution in [2.75, 3.05) is 12.4 Å². The van der Waals surface area contributed by atoms with Crippen LogP contribution in [0, 0.1) is 13.8 Å². The molecule has 0 saturated carbocycles. The zero-order valence-corrected chi connectivity index (χ0v) is 14.1. The molecule has 2 amide bonds. The Balaban J connectivity index is 2.02. The lowest BCUT2D eigenvalue weighted by molar-refractivity contribution is 0.220. The maximum atomic E-state index is 12.3. The quantitative estimate of drug-likeness (QED) is 0.855. The second-order valence-corrected chi connectivity index (χ2v) is 6.15. The van der Waals surface area contributed by atoms with Gasteiger partial charge in [-0.25, -0.2) is 4.79 Å². The van der Waals surface area contributed by atoms with Gasteiger partial charge in [-0.1, -0.05) is 40.2 Å². The van der Waals surface area contributed by atoms with Crippen molar-refractivity contribution in [2.45, 2.75) is 20.4 Å². The summed E-state index contributed by atoms with van der Waals surface area (Å²) in [6.07, 6.45) is 0. The Morgan fingerprint density at radius 3 is 2.48 bits per heavy atom. The van der Waals surface area contributed by atoms with Gasteiger partial charge < -0.3 is 10.2 Å².